The highest BCUT2D eigenvalue weighted by Gasteiger charge is 1.96. The molecule has 0 amide bonds. The molecule has 0 radical (unpaired) electrons. The molecule has 0 aromatic rings. The molecule has 0 aromatic heterocycles. The first-order chi connectivity index (χ1) is 13.9. The molecule has 0 N–H and O–H groups in total. The average molecular weight is 435 g/mol. The first-order valence-corrected chi connectivity index (χ1v) is 14.6. The maximum atomic E-state index is 5.08. The van der Waals surface area contributed by atoms with Crippen molar-refractivity contribution in [3.8, 4) is 0 Å². The van der Waals surface area contributed by atoms with Crippen molar-refractivity contribution in [2.24, 2.45) is 0 Å². The van der Waals surface area contributed by atoms with Gasteiger partial charge in [-0.25, -0.2) is 0 Å². The van der Waals surface area contributed by atoms with Crippen molar-refractivity contribution in [3.05, 3.63) is 0 Å². The van der Waals surface area contributed by atoms with Crippen LogP contribution in [0, 0.1) is 0 Å². The summed E-state index contributed by atoms with van der Waals surface area (Å²) in [6.07, 6.45) is 25.1. The van der Waals surface area contributed by atoms with E-state index in [1.807, 2.05) is 0 Å². The SMILES string of the molecule is COCCCCCCCCCCCSSCCCCCCCCCCCOC. The zero-order valence-corrected chi connectivity index (χ0v) is 20.8. The van der Waals surface area contributed by atoms with Crippen LogP contribution in [0.1, 0.15) is 116 Å². The molecule has 0 atom stereocenters. The molecule has 2 nitrogen and oxygen atoms in total. The van der Waals surface area contributed by atoms with Gasteiger partial charge in [0.25, 0.3) is 0 Å². The summed E-state index contributed by atoms with van der Waals surface area (Å²) in [6, 6.07) is 0. The lowest BCUT2D eigenvalue weighted by atomic mass is 10.1. The van der Waals surface area contributed by atoms with E-state index in [-0.39, 0.29) is 0 Å². The van der Waals surface area contributed by atoms with Crippen LogP contribution in [0.4, 0.5) is 0 Å². The van der Waals surface area contributed by atoms with Gasteiger partial charge in [0.05, 0.1) is 0 Å². The van der Waals surface area contributed by atoms with Gasteiger partial charge in [0, 0.05) is 38.9 Å². The molecule has 28 heavy (non-hydrogen) atoms. The largest absolute Gasteiger partial charge is 0.385 e. The Kier molecular flexibility index (Phi) is 28.2. The van der Waals surface area contributed by atoms with Crippen LogP contribution in [0.5, 0.6) is 0 Å². The number of hydrogen-bond acceptors (Lipinski definition) is 4. The molecule has 4 heteroatoms. The highest BCUT2D eigenvalue weighted by molar-refractivity contribution is 8.76. The Labute approximate surface area is 185 Å². The Balaban J connectivity index is 2.96. The topological polar surface area (TPSA) is 18.5 Å². The molecule has 0 aliphatic carbocycles. The van der Waals surface area contributed by atoms with E-state index in [9.17, 15) is 0 Å². The number of ether oxygens (including phenoxy) is 2. The van der Waals surface area contributed by atoms with Crippen molar-refractivity contribution in [1.29, 1.82) is 0 Å². The van der Waals surface area contributed by atoms with Gasteiger partial charge in [-0.05, 0) is 25.7 Å². The van der Waals surface area contributed by atoms with E-state index in [0.717, 1.165) is 13.2 Å². The normalized spacial score (nSPS) is 11.4. The van der Waals surface area contributed by atoms with Crippen LogP contribution < -0.4 is 0 Å². The Morgan fingerprint density at radius 2 is 0.607 bits per heavy atom. The van der Waals surface area contributed by atoms with Gasteiger partial charge >= 0.3 is 0 Å². The van der Waals surface area contributed by atoms with E-state index in [4.69, 9.17) is 9.47 Å². The van der Waals surface area contributed by atoms with E-state index >= 15 is 0 Å². The standard InChI is InChI=1S/C24H50O2S2/c1-25-21-17-13-9-5-3-7-11-15-19-23-27-28-24-20-16-12-8-4-6-10-14-18-22-26-2/h3-24H2,1-2H3. The summed E-state index contributed by atoms with van der Waals surface area (Å²) in [6.45, 7) is 1.87. The van der Waals surface area contributed by atoms with Gasteiger partial charge in [0.2, 0.25) is 0 Å². The third kappa shape index (κ3) is 26.6. The molecule has 0 bridgehead atoms. The van der Waals surface area contributed by atoms with Gasteiger partial charge in [-0.15, -0.1) is 0 Å². The van der Waals surface area contributed by atoms with Crippen LogP contribution in [0.15, 0.2) is 0 Å². The summed E-state index contributed by atoms with van der Waals surface area (Å²) < 4.78 is 10.2. The van der Waals surface area contributed by atoms with E-state index in [1.165, 1.54) is 127 Å². The van der Waals surface area contributed by atoms with Crippen LogP contribution in [0.3, 0.4) is 0 Å². The fourth-order valence-electron chi connectivity index (χ4n) is 3.41. The predicted octanol–water partition coefficient (Wildman–Crippen LogP) is 8.68. The van der Waals surface area contributed by atoms with Gasteiger partial charge in [0.15, 0.2) is 0 Å². The van der Waals surface area contributed by atoms with Gasteiger partial charge in [-0.1, -0.05) is 111 Å². The van der Waals surface area contributed by atoms with Crippen molar-refractivity contribution in [2.45, 2.75) is 116 Å². The Morgan fingerprint density at radius 3 is 0.893 bits per heavy atom. The number of rotatable bonds is 25. The van der Waals surface area contributed by atoms with E-state index < -0.39 is 0 Å². The van der Waals surface area contributed by atoms with Crippen LogP contribution in [0.25, 0.3) is 0 Å². The highest BCUT2D eigenvalue weighted by Crippen LogP contribution is 2.25. The van der Waals surface area contributed by atoms with E-state index in [0.29, 0.717) is 0 Å². The molecule has 0 heterocycles. The molecule has 0 saturated heterocycles. The molecule has 0 aliphatic rings. The number of methoxy groups -OCH3 is 2. The van der Waals surface area contributed by atoms with Crippen LogP contribution in [-0.4, -0.2) is 38.9 Å². The summed E-state index contributed by atoms with van der Waals surface area (Å²) in [5, 5.41) is 0. The second-order valence-electron chi connectivity index (χ2n) is 7.99. The smallest absolute Gasteiger partial charge is 0.0462 e. The molecule has 0 saturated carbocycles. The second-order valence-corrected chi connectivity index (χ2v) is 10.7. The Morgan fingerprint density at radius 1 is 0.357 bits per heavy atom. The zero-order valence-electron chi connectivity index (χ0n) is 19.2. The van der Waals surface area contributed by atoms with Crippen molar-refractivity contribution in [1.82, 2.24) is 0 Å². The second kappa shape index (κ2) is 27.6. The van der Waals surface area contributed by atoms with E-state index in [1.54, 1.807) is 14.2 Å². The van der Waals surface area contributed by atoms with E-state index in [2.05, 4.69) is 21.6 Å². The summed E-state index contributed by atoms with van der Waals surface area (Å²) >= 11 is 0. The minimum absolute atomic E-state index is 0.936. The molecule has 0 aromatic carbocycles. The monoisotopic (exact) mass is 434 g/mol. The maximum Gasteiger partial charge on any atom is 0.0462 e. The minimum atomic E-state index is 0.936. The fourth-order valence-corrected chi connectivity index (χ4v) is 5.70. The van der Waals surface area contributed by atoms with Crippen molar-refractivity contribution in [2.75, 3.05) is 38.9 Å². The zero-order chi connectivity index (χ0) is 20.4. The van der Waals surface area contributed by atoms with Gasteiger partial charge in [-0.3, -0.25) is 0 Å². The quantitative estimate of drug-likeness (QED) is 0.106. The predicted molar refractivity (Wildman–Crippen MR) is 132 cm³/mol. The number of unbranched alkanes of at least 4 members (excludes halogenated alkanes) is 16. The summed E-state index contributed by atoms with van der Waals surface area (Å²) in [5.41, 5.74) is 0. The number of hydrogen-bond donors (Lipinski definition) is 0. The molecule has 0 fully saturated rings. The summed E-state index contributed by atoms with van der Waals surface area (Å²) in [5.74, 6) is 2.70. The molecule has 0 spiro atoms. The lowest BCUT2D eigenvalue weighted by molar-refractivity contribution is 0.192. The van der Waals surface area contributed by atoms with Gasteiger partial charge < -0.3 is 9.47 Å². The Hall–Kier alpha value is 0.620. The van der Waals surface area contributed by atoms with Gasteiger partial charge in [0.1, 0.15) is 0 Å². The fraction of sp³-hybridized carbons (Fsp3) is 1.00. The third-order valence-electron chi connectivity index (χ3n) is 5.24. The van der Waals surface area contributed by atoms with Crippen molar-refractivity contribution in [3.63, 3.8) is 0 Å². The van der Waals surface area contributed by atoms with Crippen LogP contribution in [0.2, 0.25) is 0 Å². The minimum Gasteiger partial charge on any atom is -0.385 e. The van der Waals surface area contributed by atoms with Crippen LogP contribution in [-0.2, 0) is 9.47 Å². The third-order valence-corrected chi connectivity index (χ3v) is 7.81. The lowest BCUT2D eigenvalue weighted by Crippen LogP contribution is -1.88. The molecular formula is C24H50O2S2. The molecule has 0 aliphatic heterocycles. The van der Waals surface area contributed by atoms with Crippen molar-refractivity contribution < 1.29 is 9.47 Å². The maximum absolute atomic E-state index is 5.08. The molecule has 0 rings (SSSR count). The lowest BCUT2D eigenvalue weighted by Gasteiger charge is -2.04. The molecule has 170 valence electrons. The first kappa shape index (κ1) is 28.6. The van der Waals surface area contributed by atoms with Crippen molar-refractivity contribution >= 4 is 21.6 Å². The average Bonchev–Trinajstić information content (AvgIpc) is 2.71. The summed E-state index contributed by atoms with van der Waals surface area (Å²) in [7, 11) is 7.81. The summed E-state index contributed by atoms with van der Waals surface area (Å²) in [4.78, 5) is 0. The Bertz CT molecular complexity index is 239. The van der Waals surface area contributed by atoms with Crippen LogP contribution >= 0.6 is 21.6 Å². The molecular weight excluding hydrogens is 384 g/mol. The van der Waals surface area contributed by atoms with Gasteiger partial charge in [-0.2, -0.15) is 0 Å². The first-order valence-electron chi connectivity index (χ1n) is 12.1. The molecule has 0 unspecified atom stereocenters. The highest BCUT2D eigenvalue weighted by atomic mass is 33.1.